The van der Waals surface area contributed by atoms with Crippen LogP contribution in [-0.4, -0.2) is 107 Å². The van der Waals surface area contributed by atoms with Crippen LogP contribution in [0, 0.1) is 5.92 Å². The number of halogens is 6. The lowest BCUT2D eigenvalue weighted by atomic mass is 9.93. The number of alkyl halides is 6. The minimum Gasteiger partial charge on any atom is -0.475 e. The van der Waals surface area contributed by atoms with E-state index < -0.39 is 24.3 Å². The number of carboxylic acid groups (broad SMARTS) is 2. The molecule has 2 atom stereocenters. The lowest BCUT2D eigenvalue weighted by Gasteiger charge is -2.31. The lowest BCUT2D eigenvalue weighted by Crippen LogP contribution is -2.44. The first-order valence-corrected chi connectivity index (χ1v) is 12.0. The van der Waals surface area contributed by atoms with E-state index in [-0.39, 0.29) is 5.60 Å². The second kappa shape index (κ2) is 14.2. The molecule has 2 fully saturated rings. The highest BCUT2D eigenvalue weighted by molar-refractivity contribution is 7.09. The van der Waals surface area contributed by atoms with Gasteiger partial charge in [0, 0.05) is 37.3 Å². The van der Waals surface area contributed by atoms with Gasteiger partial charge in [-0.15, -0.1) is 11.3 Å². The highest BCUT2D eigenvalue weighted by Gasteiger charge is 2.43. The third kappa shape index (κ3) is 12.4. The van der Waals surface area contributed by atoms with Gasteiger partial charge in [0.1, 0.15) is 10.6 Å². The summed E-state index contributed by atoms with van der Waals surface area (Å²) < 4.78 is 75.7. The number of aromatic nitrogens is 1. The summed E-state index contributed by atoms with van der Waals surface area (Å²) in [5, 5.41) is 17.5. The topological polar surface area (TPSA) is 112 Å². The van der Waals surface area contributed by atoms with E-state index in [0.29, 0.717) is 12.0 Å². The van der Waals surface area contributed by atoms with Gasteiger partial charge < -0.3 is 24.6 Å². The number of ether oxygens (including phenoxy) is 2. The van der Waals surface area contributed by atoms with Crippen molar-refractivity contribution in [3.05, 3.63) is 16.6 Å². The molecule has 9 nitrogen and oxygen atoms in total. The van der Waals surface area contributed by atoms with Gasteiger partial charge in [-0.25, -0.2) is 14.6 Å². The lowest BCUT2D eigenvalue weighted by molar-refractivity contribution is -0.193. The molecule has 3 rings (SSSR count). The first-order valence-electron chi connectivity index (χ1n) is 11.1. The fourth-order valence-corrected chi connectivity index (χ4v) is 4.18. The molecule has 16 heteroatoms. The van der Waals surface area contributed by atoms with Crippen molar-refractivity contribution in [3.63, 3.8) is 0 Å². The standard InChI is InChI=1S/C17H29N3O2S.2C2HF3O2/c1-14(2)19(3)9-15-8-17(22-11-15)12-20(5-6-21-13-17)10-16-18-4-7-23-16;2*3-2(4,5)1(6)7/h4,7,14-15H,5-6,8-13H2,1-3H3;2*(H,6,7). The van der Waals surface area contributed by atoms with Crippen LogP contribution in [0.2, 0.25) is 0 Å². The van der Waals surface area contributed by atoms with Crippen LogP contribution < -0.4 is 0 Å². The number of rotatable bonds is 5. The molecule has 1 aromatic heterocycles. The summed E-state index contributed by atoms with van der Waals surface area (Å²) in [6.45, 7) is 10.8. The summed E-state index contributed by atoms with van der Waals surface area (Å²) in [6, 6.07) is 0.582. The molecule has 2 aliphatic heterocycles. The van der Waals surface area contributed by atoms with E-state index in [1.807, 2.05) is 11.6 Å². The number of aliphatic carboxylic acids is 2. The van der Waals surface area contributed by atoms with Crippen molar-refractivity contribution in [2.24, 2.45) is 5.92 Å². The molecule has 2 saturated heterocycles. The Bertz CT molecular complexity index is 816. The molecule has 2 N–H and O–H groups in total. The molecule has 0 radical (unpaired) electrons. The summed E-state index contributed by atoms with van der Waals surface area (Å²) in [4.78, 5) is 27.1. The molecule has 0 aliphatic carbocycles. The molecular weight excluding hydrogens is 536 g/mol. The van der Waals surface area contributed by atoms with E-state index in [9.17, 15) is 26.3 Å². The van der Waals surface area contributed by atoms with Crippen LogP contribution in [0.25, 0.3) is 0 Å². The van der Waals surface area contributed by atoms with E-state index in [2.05, 4.69) is 35.7 Å². The van der Waals surface area contributed by atoms with Gasteiger partial charge in [0.2, 0.25) is 0 Å². The molecule has 214 valence electrons. The van der Waals surface area contributed by atoms with Crippen LogP contribution in [0.3, 0.4) is 0 Å². The van der Waals surface area contributed by atoms with E-state index in [1.165, 1.54) is 5.01 Å². The normalized spacial score (nSPS) is 22.7. The Kier molecular flexibility index (Phi) is 12.7. The number of hydrogen-bond donors (Lipinski definition) is 2. The van der Waals surface area contributed by atoms with Crippen molar-refractivity contribution in [2.75, 3.05) is 46.5 Å². The summed E-state index contributed by atoms with van der Waals surface area (Å²) in [6.07, 6.45) is -7.19. The number of nitrogens with zero attached hydrogens (tertiary/aromatic N) is 3. The molecule has 2 aliphatic rings. The third-order valence-electron chi connectivity index (χ3n) is 5.47. The quantitative estimate of drug-likeness (QED) is 0.518. The minimum atomic E-state index is -5.08. The molecule has 37 heavy (non-hydrogen) atoms. The average molecular weight is 568 g/mol. The molecule has 0 aromatic carbocycles. The van der Waals surface area contributed by atoms with Gasteiger partial charge in [0.05, 0.1) is 26.4 Å². The molecule has 1 aromatic rings. The predicted octanol–water partition coefficient (Wildman–Crippen LogP) is 3.36. The van der Waals surface area contributed by atoms with Crippen LogP contribution in [0.15, 0.2) is 11.6 Å². The van der Waals surface area contributed by atoms with Gasteiger partial charge in [0.25, 0.3) is 0 Å². The van der Waals surface area contributed by atoms with Crippen LogP contribution >= 0.6 is 11.3 Å². The van der Waals surface area contributed by atoms with Gasteiger partial charge in [-0.3, -0.25) is 4.90 Å². The second-order valence-electron chi connectivity index (χ2n) is 8.89. The second-order valence-corrected chi connectivity index (χ2v) is 9.87. The molecule has 1 spiro atoms. The van der Waals surface area contributed by atoms with Crippen LogP contribution in [0.1, 0.15) is 25.3 Å². The molecule has 0 saturated carbocycles. The summed E-state index contributed by atoms with van der Waals surface area (Å²) in [7, 11) is 2.20. The fourth-order valence-electron chi connectivity index (χ4n) is 3.53. The first-order chi connectivity index (χ1) is 16.9. The van der Waals surface area contributed by atoms with Crippen LogP contribution in [0.4, 0.5) is 26.3 Å². The van der Waals surface area contributed by atoms with Crippen molar-refractivity contribution in [1.29, 1.82) is 0 Å². The predicted molar refractivity (Wildman–Crippen MR) is 120 cm³/mol. The summed E-state index contributed by atoms with van der Waals surface area (Å²) in [5.41, 5.74) is -0.129. The third-order valence-corrected chi connectivity index (χ3v) is 6.23. The molecule has 0 amide bonds. The van der Waals surface area contributed by atoms with Gasteiger partial charge in [-0.1, -0.05) is 0 Å². The summed E-state index contributed by atoms with van der Waals surface area (Å²) in [5.74, 6) is -4.91. The van der Waals surface area contributed by atoms with Crippen molar-refractivity contribution in [1.82, 2.24) is 14.8 Å². The Labute approximate surface area is 214 Å². The average Bonchev–Trinajstić information content (AvgIpc) is 3.36. The van der Waals surface area contributed by atoms with Gasteiger partial charge in [-0.05, 0) is 33.2 Å². The van der Waals surface area contributed by atoms with E-state index >= 15 is 0 Å². The zero-order valence-corrected chi connectivity index (χ0v) is 21.3. The van der Waals surface area contributed by atoms with Gasteiger partial charge >= 0.3 is 24.3 Å². The number of hydrogen-bond acceptors (Lipinski definition) is 8. The Balaban J connectivity index is 0.000000404. The molecule has 2 unspecified atom stereocenters. The first kappa shape index (κ1) is 33.0. The maximum Gasteiger partial charge on any atom is 0.490 e. The molecule has 0 bridgehead atoms. The zero-order chi connectivity index (χ0) is 28.4. The number of carbonyl (C=O) groups is 2. The van der Waals surface area contributed by atoms with E-state index in [1.54, 1.807) is 11.3 Å². The Morgan fingerprint density at radius 3 is 2.24 bits per heavy atom. The van der Waals surface area contributed by atoms with Crippen LogP contribution in [-0.2, 0) is 25.6 Å². The van der Waals surface area contributed by atoms with Gasteiger partial charge in [0.15, 0.2) is 0 Å². The Hall–Kier alpha value is -2.01. The van der Waals surface area contributed by atoms with E-state index in [4.69, 9.17) is 29.3 Å². The van der Waals surface area contributed by atoms with Gasteiger partial charge in [-0.2, -0.15) is 26.3 Å². The largest absolute Gasteiger partial charge is 0.490 e. The zero-order valence-electron chi connectivity index (χ0n) is 20.5. The fraction of sp³-hybridized carbons (Fsp3) is 0.762. The number of carboxylic acids is 2. The summed E-state index contributed by atoms with van der Waals surface area (Å²) >= 11 is 1.73. The number of thiazole rings is 1. The maximum absolute atomic E-state index is 10.6. The maximum atomic E-state index is 10.6. The van der Waals surface area contributed by atoms with E-state index in [0.717, 1.165) is 52.4 Å². The smallest absolute Gasteiger partial charge is 0.475 e. The highest BCUT2D eigenvalue weighted by atomic mass is 32.1. The Morgan fingerprint density at radius 1 is 1.22 bits per heavy atom. The monoisotopic (exact) mass is 567 g/mol. The highest BCUT2D eigenvalue weighted by Crippen LogP contribution is 2.33. The Morgan fingerprint density at radius 2 is 1.78 bits per heavy atom. The molecular formula is C21H31F6N3O6S. The SMILES string of the molecule is CC(C)N(C)CC1COC2(COCCN(Cc3nccs3)C2)C1.O=C(O)C(F)(F)F.O=C(O)C(F)(F)F. The van der Waals surface area contributed by atoms with Crippen LogP contribution in [0.5, 0.6) is 0 Å². The van der Waals surface area contributed by atoms with Crippen molar-refractivity contribution < 1.29 is 55.6 Å². The van der Waals surface area contributed by atoms with Crippen molar-refractivity contribution in [2.45, 2.75) is 50.8 Å². The van der Waals surface area contributed by atoms with Crippen molar-refractivity contribution >= 4 is 23.3 Å². The molecule has 3 heterocycles. The minimum absolute atomic E-state index is 0.129. The van der Waals surface area contributed by atoms with Crippen molar-refractivity contribution in [3.8, 4) is 0 Å².